The molecule has 0 saturated carbocycles. The Morgan fingerprint density at radius 1 is 1.41 bits per heavy atom. The van der Waals surface area contributed by atoms with Crippen molar-refractivity contribution in [3.05, 3.63) is 24.2 Å². The summed E-state index contributed by atoms with van der Waals surface area (Å²) in [5.74, 6) is -1.09. The van der Waals surface area contributed by atoms with Crippen molar-refractivity contribution in [2.45, 2.75) is 38.3 Å². The number of likely N-dealkylation sites (tertiary alicyclic amines) is 1. The maximum atomic E-state index is 12.5. The fourth-order valence-electron chi connectivity index (χ4n) is 2.56. The summed E-state index contributed by atoms with van der Waals surface area (Å²) < 4.78 is 9.60. The summed E-state index contributed by atoms with van der Waals surface area (Å²) in [6.07, 6.45) is 4.99. The molecule has 22 heavy (non-hydrogen) atoms. The third kappa shape index (κ3) is 3.47. The second-order valence-electron chi connectivity index (χ2n) is 5.27. The van der Waals surface area contributed by atoms with Crippen molar-refractivity contribution >= 4 is 17.8 Å². The van der Waals surface area contributed by atoms with Crippen LogP contribution >= 0.6 is 0 Å². The first kappa shape index (κ1) is 16.1. The molecule has 2 unspecified atom stereocenters. The van der Waals surface area contributed by atoms with Gasteiger partial charge in [-0.2, -0.15) is 0 Å². The number of amides is 2. The van der Waals surface area contributed by atoms with E-state index in [1.807, 2.05) is 0 Å². The van der Waals surface area contributed by atoms with E-state index in [4.69, 9.17) is 9.15 Å². The van der Waals surface area contributed by atoms with E-state index in [0.29, 0.717) is 18.5 Å². The van der Waals surface area contributed by atoms with Crippen LogP contribution in [0.5, 0.6) is 0 Å². The summed E-state index contributed by atoms with van der Waals surface area (Å²) in [5.41, 5.74) is 0.350. The normalized spacial score (nSPS) is 19.4. The van der Waals surface area contributed by atoms with E-state index < -0.39 is 18.1 Å². The molecule has 2 amide bonds. The van der Waals surface area contributed by atoms with Crippen molar-refractivity contribution in [2.24, 2.45) is 0 Å². The lowest BCUT2D eigenvalue weighted by molar-refractivity contribution is -0.155. The highest BCUT2D eigenvalue weighted by molar-refractivity contribution is 5.97. The monoisotopic (exact) mass is 308 g/mol. The highest BCUT2D eigenvalue weighted by Crippen LogP contribution is 2.19. The van der Waals surface area contributed by atoms with Crippen molar-refractivity contribution < 1.29 is 23.5 Å². The summed E-state index contributed by atoms with van der Waals surface area (Å²) in [7, 11) is 1.31. The molecule has 0 spiro atoms. The van der Waals surface area contributed by atoms with Crippen molar-refractivity contribution in [2.75, 3.05) is 13.7 Å². The van der Waals surface area contributed by atoms with Crippen molar-refractivity contribution in [1.29, 1.82) is 0 Å². The number of carbonyl (C=O) groups excluding carboxylic acids is 3. The standard InChI is InChI=1S/C15H20N2O5/c1-10(16-13(18)11-6-8-22-9-11)14(19)17-7-4-3-5-12(17)15(20)21-2/h6,8-10,12H,3-5,7H2,1-2H3,(H,16,18). The second-order valence-corrected chi connectivity index (χ2v) is 5.27. The minimum atomic E-state index is -0.729. The van der Waals surface area contributed by atoms with Crippen LogP contribution in [-0.2, 0) is 14.3 Å². The predicted molar refractivity (Wildman–Crippen MR) is 77.0 cm³/mol. The number of piperidine rings is 1. The zero-order valence-corrected chi connectivity index (χ0v) is 12.7. The topological polar surface area (TPSA) is 88.9 Å². The van der Waals surface area contributed by atoms with Gasteiger partial charge >= 0.3 is 5.97 Å². The molecule has 0 bridgehead atoms. The molecule has 1 aromatic heterocycles. The number of hydrogen-bond acceptors (Lipinski definition) is 5. The zero-order chi connectivity index (χ0) is 16.1. The van der Waals surface area contributed by atoms with Crippen molar-refractivity contribution in [3.8, 4) is 0 Å². The molecule has 2 heterocycles. The number of methoxy groups -OCH3 is 1. The average Bonchev–Trinajstić information content (AvgIpc) is 3.07. The lowest BCUT2D eigenvalue weighted by Crippen LogP contribution is -2.54. The van der Waals surface area contributed by atoms with E-state index in [1.54, 1.807) is 6.92 Å². The SMILES string of the molecule is COC(=O)C1CCCCN1C(=O)C(C)NC(=O)c1ccoc1. The van der Waals surface area contributed by atoms with Gasteiger partial charge in [-0.1, -0.05) is 0 Å². The summed E-state index contributed by atoms with van der Waals surface area (Å²) in [6.45, 7) is 2.09. The van der Waals surface area contributed by atoms with Crippen molar-refractivity contribution in [3.63, 3.8) is 0 Å². The number of carbonyl (C=O) groups is 3. The smallest absolute Gasteiger partial charge is 0.328 e. The van der Waals surface area contributed by atoms with Gasteiger partial charge in [0.1, 0.15) is 18.3 Å². The Morgan fingerprint density at radius 3 is 2.82 bits per heavy atom. The molecular weight excluding hydrogens is 288 g/mol. The van der Waals surface area contributed by atoms with Crippen LogP contribution < -0.4 is 5.32 Å². The summed E-state index contributed by atoms with van der Waals surface area (Å²) in [5, 5.41) is 2.61. The number of esters is 1. The minimum Gasteiger partial charge on any atom is -0.472 e. The molecule has 0 aliphatic carbocycles. The Balaban J connectivity index is 2.02. The molecule has 1 fully saturated rings. The van der Waals surface area contributed by atoms with Gasteiger partial charge in [-0.05, 0) is 32.3 Å². The molecule has 0 radical (unpaired) electrons. The fraction of sp³-hybridized carbons (Fsp3) is 0.533. The number of nitrogens with zero attached hydrogens (tertiary/aromatic N) is 1. The van der Waals surface area contributed by atoms with Crippen LogP contribution in [0.25, 0.3) is 0 Å². The third-order valence-electron chi connectivity index (χ3n) is 3.76. The van der Waals surface area contributed by atoms with E-state index in [1.165, 1.54) is 30.6 Å². The largest absolute Gasteiger partial charge is 0.472 e. The molecule has 2 rings (SSSR count). The Labute approximate surface area is 128 Å². The van der Waals surface area contributed by atoms with Gasteiger partial charge in [0.25, 0.3) is 5.91 Å². The first-order chi connectivity index (χ1) is 10.5. The Bertz CT molecular complexity index is 540. The van der Waals surface area contributed by atoms with Crippen LogP contribution in [0.4, 0.5) is 0 Å². The fourth-order valence-corrected chi connectivity index (χ4v) is 2.56. The number of nitrogens with one attached hydrogen (secondary N) is 1. The van der Waals surface area contributed by atoms with E-state index in [9.17, 15) is 14.4 Å². The molecule has 1 aliphatic rings. The Morgan fingerprint density at radius 2 is 2.18 bits per heavy atom. The van der Waals surface area contributed by atoms with Gasteiger partial charge in [0.15, 0.2) is 0 Å². The Hall–Kier alpha value is -2.31. The highest BCUT2D eigenvalue weighted by atomic mass is 16.5. The first-order valence-corrected chi connectivity index (χ1v) is 7.26. The van der Waals surface area contributed by atoms with Gasteiger partial charge in [-0.15, -0.1) is 0 Å². The van der Waals surface area contributed by atoms with E-state index in [0.717, 1.165) is 12.8 Å². The van der Waals surface area contributed by atoms with Crippen LogP contribution in [0, 0.1) is 0 Å². The molecule has 7 heteroatoms. The quantitative estimate of drug-likeness (QED) is 0.837. The van der Waals surface area contributed by atoms with Crippen LogP contribution in [0.2, 0.25) is 0 Å². The molecule has 120 valence electrons. The van der Waals surface area contributed by atoms with E-state index in [2.05, 4.69) is 5.32 Å². The highest BCUT2D eigenvalue weighted by Gasteiger charge is 2.35. The number of furan rings is 1. The molecule has 1 aromatic rings. The van der Waals surface area contributed by atoms with Crippen LogP contribution in [0.15, 0.2) is 23.0 Å². The molecule has 7 nitrogen and oxygen atoms in total. The van der Waals surface area contributed by atoms with Crippen LogP contribution in [0.3, 0.4) is 0 Å². The van der Waals surface area contributed by atoms with Gasteiger partial charge in [-0.25, -0.2) is 4.79 Å². The van der Waals surface area contributed by atoms with Crippen LogP contribution in [0.1, 0.15) is 36.5 Å². The molecule has 1 saturated heterocycles. The first-order valence-electron chi connectivity index (χ1n) is 7.26. The summed E-state index contributed by atoms with van der Waals surface area (Å²) in [4.78, 5) is 37.7. The number of rotatable bonds is 4. The van der Waals surface area contributed by atoms with Gasteiger partial charge in [0, 0.05) is 6.54 Å². The molecular formula is C15H20N2O5. The number of hydrogen-bond donors (Lipinski definition) is 1. The molecule has 0 aromatic carbocycles. The molecule has 2 atom stereocenters. The summed E-state index contributed by atoms with van der Waals surface area (Å²) >= 11 is 0. The minimum absolute atomic E-state index is 0.285. The lowest BCUT2D eigenvalue weighted by atomic mass is 10.0. The lowest BCUT2D eigenvalue weighted by Gasteiger charge is -2.35. The van der Waals surface area contributed by atoms with Gasteiger partial charge in [0.2, 0.25) is 5.91 Å². The maximum Gasteiger partial charge on any atom is 0.328 e. The predicted octanol–water partition coefficient (Wildman–Crippen LogP) is 0.952. The maximum absolute atomic E-state index is 12.5. The molecule has 1 aliphatic heterocycles. The second kappa shape index (κ2) is 7.11. The van der Waals surface area contributed by atoms with E-state index in [-0.39, 0.29) is 11.8 Å². The van der Waals surface area contributed by atoms with Crippen molar-refractivity contribution in [1.82, 2.24) is 10.2 Å². The van der Waals surface area contributed by atoms with Gasteiger partial charge in [-0.3, -0.25) is 9.59 Å². The summed E-state index contributed by atoms with van der Waals surface area (Å²) in [6, 6.07) is 0.220. The van der Waals surface area contributed by atoms with Crippen LogP contribution in [-0.4, -0.2) is 48.4 Å². The Kier molecular flexibility index (Phi) is 5.19. The van der Waals surface area contributed by atoms with Gasteiger partial charge in [0.05, 0.1) is 18.9 Å². The van der Waals surface area contributed by atoms with Gasteiger partial charge < -0.3 is 19.4 Å². The number of ether oxygens (including phenoxy) is 1. The average molecular weight is 308 g/mol. The molecule has 1 N–H and O–H groups in total. The van der Waals surface area contributed by atoms with E-state index >= 15 is 0 Å². The zero-order valence-electron chi connectivity index (χ0n) is 12.7. The third-order valence-corrected chi connectivity index (χ3v) is 3.76.